The molecule has 4 rings (SSSR count). The van der Waals surface area contributed by atoms with Crippen molar-refractivity contribution >= 4 is 18.8 Å². The molecule has 188 valence electrons. The number of hydrogen-bond acceptors (Lipinski definition) is 0. The summed E-state index contributed by atoms with van der Waals surface area (Å²) in [4.78, 5) is 0. The van der Waals surface area contributed by atoms with Crippen molar-refractivity contribution in [1.82, 2.24) is 0 Å². The van der Waals surface area contributed by atoms with Crippen LogP contribution in [-0.2, 0) is 0 Å². The summed E-state index contributed by atoms with van der Waals surface area (Å²) in [6.45, 7) is 14.6. The minimum Gasteiger partial charge on any atom is -0.0683 e. The van der Waals surface area contributed by atoms with E-state index in [0.29, 0.717) is 23.7 Å². The maximum Gasteiger partial charge on any atom is -0.00924 e. The lowest BCUT2D eigenvalue weighted by Crippen LogP contribution is -2.29. The average molecular weight is 479 g/mol. The Morgan fingerprint density at radius 1 is 0.706 bits per heavy atom. The van der Waals surface area contributed by atoms with Crippen molar-refractivity contribution < 1.29 is 0 Å². The van der Waals surface area contributed by atoms with E-state index in [4.69, 9.17) is 0 Å². The molecule has 3 aliphatic carbocycles. The van der Waals surface area contributed by atoms with Gasteiger partial charge < -0.3 is 0 Å². The van der Waals surface area contributed by atoms with Crippen LogP contribution in [-0.4, -0.2) is 11.3 Å². The summed E-state index contributed by atoms with van der Waals surface area (Å²) < 4.78 is 0. The molecule has 0 aromatic heterocycles. The SMILES string of the molecule is CC(C)C1=CC(C(C)C)=C(c2ccccc2P(C2CCCCC2)C2CCCCC2)C(C(C)C)C1. The van der Waals surface area contributed by atoms with Gasteiger partial charge in [0.15, 0.2) is 0 Å². The molecule has 0 heterocycles. The second-order valence-electron chi connectivity index (χ2n) is 12.5. The molecule has 34 heavy (non-hydrogen) atoms. The molecule has 0 N–H and O–H groups in total. The van der Waals surface area contributed by atoms with Crippen molar-refractivity contribution in [2.75, 3.05) is 0 Å². The van der Waals surface area contributed by atoms with Crippen LogP contribution in [0.2, 0.25) is 0 Å². The number of allylic oxidation sites excluding steroid dienone is 4. The van der Waals surface area contributed by atoms with Crippen LogP contribution in [0.4, 0.5) is 0 Å². The lowest BCUT2D eigenvalue weighted by atomic mass is 9.70. The largest absolute Gasteiger partial charge is 0.0683 e. The maximum absolute atomic E-state index is 2.63. The fraction of sp³-hybridized carbons (Fsp3) is 0.697. The predicted octanol–water partition coefficient (Wildman–Crippen LogP) is 10.1. The Kier molecular flexibility index (Phi) is 9.18. The Hall–Kier alpha value is -0.870. The van der Waals surface area contributed by atoms with E-state index in [-0.39, 0.29) is 7.92 Å². The zero-order chi connectivity index (χ0) is 24.2. The molecule has 1 aromatic rings. The van der Waals surface area contributed by atoms with Crippen LogP contribution in [0.3, 0.4) is 0 Å². The molecule has 0 saturated heterocycles. The fourth-order valence-electron chi connectivity index (χ4n) is 7.05. The minimum absolute atomic E-state index is 0.0927. The van der Waals surface area contributed by atoms with Gasteiger partial charge in [-0.1, -0.05) is 124 Å². The van der Waals surface area contributed by atoms with Crippen molar-refractivity contribution in [3.05, 3.63) is 47.1 Å². The Morgan fingerprint density at radius 3 is 1.76 bits per heavy atom. The van der Waals surface area contributed by atoms with Crippen molar-refractivity contribution in [2.45, 2.75) is 123 Å². The summed E-state index contributed by atoms with van der Waals surface area (Å²) in [7, 11) is -0.0927. The molecule has 3 aliphatic rings. The van der Waals surface area contributed by atoms with Gasteiger partial charge in [0.25, 0.3) is 0 Å². The second-order valence-corrected chi connectivity index (χ2v) is 15.2. The molecule has 0 spiro atoms. The molecule has 0 nitrogen and oxygen atoms in total. The highest BCUT2D eigenvalue weighted by molar-refractivity contribution is 7.67. The van der Waals surface area contributed by atoms with E-state index < -0.39 is 0 Å². The summed E-state index contributed by atoms with van der Waals surface area (Å²) in [6, 6.07) is 9.85. The second kappa shape index (κ2) is 11.9. The lowest BCUT2D eigenvalue weighted by molar-refractivity contribution is 0.451. The first-order chi connectivity index (χ1) is 16.4. The Labute approximate surface area is 212 Å². The zero-order valence-electron chi connectivity index (χ0n) is 23.1. The van der Waals surface area contributed by atoms with Gasteiger partial charge in [-0.25, -0.2) is 0 Å². The van der Waals surface area contributed by atoms with E-state index in [2.05, 4.69) is 71.9 Å². The van der Waals surface area contributed by atoms with E-state index in [1.165, 1.54) is 70.6 Å². The quantitative estimate of drug-likeness (QED) is 0.342. The van der Waals surface area contributed by atoms with E-state index in [1.54, 1.807) is 27.6 Å². The van der Waals surface area contributed by atoms with Gasteiger partial charge in [-0.15, -0.1) is 0 Å². The van der Waals surface area contributed by atoms with Gasteiger partial charge in [0.2, 0.25) is 0 Å². The Morgan fingerprint density at radius 2 is 1.26 bits per heavy atom. The van der Waals surface area contributed by atoms with Gasteiger partial charge in [0.05, 0.1) is 0 Å². The Bertz CT molecular complexity index is 840. The molecule has 0 radical (unpaired) electrons. The monoisotopic (exact) mass is 478 g/mol. The summed E-state index contributed by atoms with van der Waals surface area (Å²) in [6.07, 6.45) is 18.6. The lowest BCUT2D eigenvalue weighted by Gasteiger charge is -2.41. The summed E-state index contributed by atoms with van der Waals surface area (Å²) in [5.74, 6) is 2.55. The first-order valence-corrected chi connectivity index (χ1v) is 16.2. The molecular formula is C33H51P. The molecular weight excluding hydrogens is 427 g/mol. The summed E-state index contributed by atoms with van der Waals surface area (Å²) >= 11 is 0. The van der Waals surface area contributed by atoms with Crippen LogP contribution < -0.4 is 5.30 Å². The first-order valence-electron chi connectivity index (χ1n) is 14.7. The molecule has 1 heteroatoms. The van der Waals surface area contributed by atoms with Gasteiger partial charge in [-0.3, -0.25) is 0 Å². The summed E-state index contributed by atoms with van der Waals surface area (Å²) in [5.41, 5.74) is 8.61. The van der Waals surface area contributed by atoms with Crippen molar-refractivity contribution in [1.29, 1.82) is 0 Å². The Balaban J connectivity index is 1.87. The predicted molar refractivity (Wildman–Crippen MR) is 154 cm³/mol. The fourth-order valence-corrected chi connectivity index (χ4v) is 11.0. The molecule has 0 bridgehead atoms. The molecule has 2 fully saturated rings. The van der Waals surface area contributed by atoms with E-state index >= 15 is 0 Å². The smallest absolute Gasteiger partial charge is 0.00924 e. The van der Waals surface area contributed by atoms with Crippen LogP contribution in [0.1, 0.15) is 118 Å². The van der Waals surface area contributed by atoms with Gasteiger partial charge in [0.1, 0.15) is 0 Å². The highest BCUT2D eigenvalue weighted by atomic mass is 31.1. The summed E-state index contributed by atoms with van der Waals surface area (Å²) in [5, 5.41) is 1.79. The van der Waals surface area contributed by atoms with Crippen molar-refractivity contribution in [3.63, 3.8) is 0 Å². The molecule has 1 atom stereocenters. The molecule has 2 saturated carbocycles. The van der Waals surface area contributed by atoms with Crippen LogP contribution in [0.5, 0.6) is 0 Å². The minimum atomic E-state index is -0.0927. The molecule has 1 unspecified atom stereocenters. The average Bonchev–Trinajstić information content (AvgIpc) is 2.85. The van der Waals surface area contributed by atoms with Crippen LogP contribution in [0.15, 0.2) is 41.5 Å². The third-order valence-electron chi connectivity index (χ3n) is 9.06. The van der Waals surface area contributed by atoms with E-state index in [0.717, 1.165) is 11.3 Å². The molecule has 0 aliphatic heterocycles. The topological polar surface area (TPSA) is 0 Å². The number of rotatable bonds is 7. The maximum atomic E-state index is 2.63. The molecule has 0 amide bonds. The normalized spacial score (nSPS) is 23.5. The first kappa shape index (κ1) is 26.2. The van der Waals surface area contributed by atoms with Gasteiger partial charge >= 0.3 is 0 Å². The highest BCUT2D eigenvalue weighted by Gasteiger charge is 2.36. The van der Waals surface area contributed by atoms with Gasteiger partial charge in [-0.2, -0.15) is 0 Å². The van der Waals surface area contributed by atoms with Gasteiger partial charge in [0, 0.05) is 0 Å². The van der Waals surface area contributed by atoms with Crippen molar-refractivity contribution in [2.24, 2.45) is 23.7 Å². The highest BCUT2D eigenvalue weighted by Crippen LogP contribution is 2.57. The third-order valence-corrected chi connectivity index (χ3v) is 12.6. The van der Waals surface area contributed by atoms with Crippen molar-refractivity contribution in [3.8, 4) is 0 Å². The van der Waals surface area contributed by atoms with Crippen LogP contribution in [0.25, 0.3) is 5.57 Å². The van der Waals surface area contributed by atoms with Gasteiger partial charge in [-0.05, 0) is 89.1 Å². The van der Waals surface area contributed by atoms with Crippen LogP contribution in [0, 0.1) is 23.7 Å². The van der Waals surface area contributed by atoms with Crippen LogP contribution >= 0.6 is 7.92 Å². The number of benzene rings is 1. The number of hydrogen-bond donors (Lipinski definition) is 0. The zero-order valence-corrected chi connectivity index (χ0v) is 24.0. The molecule has 1 aromatic carbocycles. The standard InChI is InChI=1S/C33H51P/c1-23(2)26-21-30(24(3)4)33(31(22-26)25(5)6)29-19-13-14-20-32(29)34(27-15-9-7-10-16-27)28-17-11-8-12-18-28/h13-14,19-21,23-25,27-28,31H,7-12,15-18,22H2,1-6H3. The van der Waals surface area contributed by atoms with E-state index in [9.17, 15) is 0 Å². The van der Waals surface area contributed by atoms with E-state index in [1.807, 2.05) is 0 Å². The third kappa shape index (κ3) is 5.75.